The summed E-state index contributed by atoms with van der Waals surface area (Å²) in [6.07, 6.45) is 21.7. The summed E-state index contributed by atoms with van der Waals surface area (Å²) in [5, 5.41) is 0. The van der Waals surface area contributed by atoms with Crippen LogP contribution in [0.4, 0.5) is 0 Å². The van der Waals surface area contributed by atoms with E-state index in [0.29, 0.717) is 5.78 Å². The maximum atomic E-state index is 12.3. The van der Waals surface area contributed by atoms with Crippen molar-refractivity contribution in [1.82, 2.24) is 0 Å². The molecular weight excluding hydrogens is 282 g/mol. The van der Waals surface area contributed by atoms with Gasteiger partial charge in [-0.2, -0.15) is 0 Å². The first-order valence-electron chi connectivity index (χ1n) is 10.5. The van der Waals surface area contributed by atoms with E-state index >= 15 is 0 Å². The predicted octanol–water partition coefficient (Wildman–Crippen LogP) is 6.16. The zero-order valence-corrected chi connectivity index (χ0v) is 15.7. The highest BCUT2D eigenvalue weighted by molar-refractivity contribution is 5.86. The molecule has 0 aromatic carbocycles. The zero-order valence-electron chi connectivity index (χ0n) is 15.7. The summed E-state index contributed by atoms with van der Waals surface area (Å²) < 4.78 is 0. The second kappa shape index (κ2) is 14.0. The number of carbonyl (C=O) groups is 1. The zero-order chi connectivity index (χ0) is 16.8. The van der Waals surface area contributed by atoms with E-state index in [0.717, 1.165) is 25.7 Å². The van der Waals surface area contributed by atoms with Gasteiger partial charge in [0.1, 0.15) is 0 Å². The van der Waals surface area contributed by atoms with Gasteiger partial charge in [0.05, 0.1) is 6.04 Å². The van der Waals surface area contributed by atoms with E-state index in [-0.39, 0.29) is 12.0 Å². The summed E-state index contributed by atoms with van der Waals surface area (Å²) in [6, 6.07) is -0.184. The van der Waals surface area contributed by atoms with Crippen LogP contribution < -0.4 is 5.73 Å². The van der Waals surface area contributed by atoms with Crippen LogP contribution in [0, 0.1) is 5.92 Å². The molecule has 2 heteroatoms. The molecule has 0 radical (unpaired) electrons. The first-order chi connectivity index (χ1) is 11.3. The molecule has 2 nitrogen and oxygen atoms in total. The number of carbonyl (C=O) groups excluding carboxylic acids is 1. The number of unbranched alkanes of at least 4 members (excludes halogenated alkanes) is 10. The molecule has 1 aliphatic carbocycles. The minimum atomic E-state index is -0.184. The molecule has 1 saturated carbocycles. The Hall–Kier alpha value is -0.370. The summed E-state index contributed by atoms with van der Waals surface area (Å²) in [6.45, 7) is 2.27. The lowest BCUT2D eigenvalue weighted by atomic mass is 9.83. The lowest BCUT2D eigenvalue weighted by Gasteiger charge is -2.23. The standard InChI is InChI=1S/C21H41NO/c1-2-3-4-5-6-7-8-9-10-11-15-18-20(22)21(23)19-16-13-12-14-17-19/h19-20H,2-18,22H2,1H3. The van der Waals surface area contributed by atoms with Crippen LogP contribution in [0.3, 0.4) is 0 Å². The van der Waals surface area contributed by atoms with E-state index in [1.807, 2.05) is 0 Å². The summed E-state index contributed by atoms with van der Waals surface area (Å²) in [5.41, 5.74) is 6.12. The fourth-order valence-corrected chi connectivity index (χ4v) is 3.86. The Morgan fingerprint density at radius 1 is 0.826 bits per heavy atom. The molecule has 0 bridgehead atoms. The predicted molar refractivity (Wildman–Crippen MR) is 101 cm³/mol. The van der Waals surface area contributed by atoms with Gasteiger partial charge in [0.15, 0.2) is 5.78 Å². The fraction of sp³-hybridized carbons (Fsp3) is 0.952. The average Bonchev–Trinajstić information content (AvgIpc) is 2.59. The molecule has 0 aliphatic heterocycles. The second-order valence-electron chi connectivity index (χ2n) is 7.67. The van der Waals surface area contributed by atoms with Crippen molar-refractivity contribution in [1.29, 1.82) is 0 Å². The van der Waals surface area contributed by atoms with Gasteiger partial charge >= 0.3 is 0 Å². The SMILES string of the molecule is CCCCCCCCCCCCCC(N)C(=O)C1CCCCC1. The number of hydrogen-bond acceptors (Lipinski definition) is 2. The lowest BCUT2D eigenvalue weighted by Crippen LogP contribution is -2.36. The van der Waals surface area contributed by atoms with Gasteiger partial charge in [-0.15, -0.1) is 0 Å². The molecule has 2 N–H and O–H groups in total. The van der Waals surface area contributed by atoms with Crippen LogP contribution >= 0.6 is 0 Å². The number of Topliss-reactive ketones (excluding diaryl/α,β-unsaturated/α-hetero) is 1. The molecule has 0 saturated heterocycles. The van der Waals surface area contributed by atoms with Crippen molar-refractivity contribution >= 4 is 5.78 Å². The van der Waals surface area contributed by atoms with Crippen LogP contribution in [0.5, 0.6) is 0 Å². The van der Waals surface area contributed by atoms with Crippen molar-refractivity contribution in [3.05, 3.63) is 0 Å². The Bertz CT molecular complexity index is 284. The summed E-state index contributed by atoms with van der Waals surface area (Å²) >= 11 is 0. The van der Waals surface area contributed by atoms with Crippen molar-refractivity contribution in [2.24, 2.45) is 11.7 Å². The summed E-state index contributed by atoms with van der Waals surface area (Å²) in [4.78, 5) is 12.3. The third-order valence-corrected chi connectivity index (χ3v) is 5.49. The van der Waals surface area contributed by atoms with Gasteiger partial charge in [-0.1, -0.05) is 96.8 Å². The van der Waals surface area contributed by atoms with Crippen molar-refractivity contribution in [2.75, 3.05) is 0 Å². The quantitative estimate of drug-likeness (QED) is 0.389. The maximum absolute atomic E-state index is 12.3. The third kappa shape index (κ3) is 10.2. The molecule has 1 aliphatic rings. The molecule has 1 atom stereocenters. The van der Waals surface area contributed by atoms with E-state index < -0.39 is 0 Å². The smallest absolute Gasteiger partial charge is 0.152 e. The lowest BCUT2D eigenvalue weighted by molar-refractivity contribution is -0.125. The maximum Gasteiger partial charge on any atom is 0.152 e. The Labute approximate surface area is 145 Å². The van der Waals surface area contributed by atoms with Crippen molar-refractivity contribution in [2.45, 2.75) is 122 Å². The van der Waals surface area contributed by atoms with E-state index in [9.17, 15) is 4.79 Å². The average molecular weight is 324 g/mol. The van der Waals surface area contributed by atoms with Gasteiger partial charge in [-0.3, -0.25) is 4.79 Å². The molecule has 1 unspecified atom stereocenters. The van der Waals surface area contributed by atoms with Crippen LogP contribution in [-0.2, 0) is 4.79 Å². The van der Waals surface area contributed by atoms with Gasteiger partial charge in [0.2, 0.25) is 0 Å². The monoisotopic (exact) mass is 323 g/mol. The van der Waals surface area contributed by atoms with Gasteiger partial charge in [0, 0.05) is 5.92 Å². The highest BCUT2D eigenvalue weighted by Crippen LogP contribution is 2.25. The fourth-order valence-electron chi connectivity index (χ4n) is 3.86. The highest BCUT2D eigenvalue weighted by Gasteiger charge is 2.25. The largest absolute Gasteiger partial charge is 0.321 e. The van der Waals surface area contributed by atoms with Crippen LogP contribution in [-0.4, -0.2) is 11.8 Å². The molecule has 1 rings (SSSR count). The Morgan fingerprint density at radius 3 is 1.83 bits per heavy atom. The van der Waals surface area contributed by atoms with Crippen molar-refractivity contribution in [3.8, 4) is 0 Å². The van der Waals surface area contributed by atoms with E-state index in [4.69, 9.17) is 5.73 Å². The van der Waals surface area contributed by atoms with Gasteiger partial charge < -0.3 is 5.73 Å². The van der Waals surface area contributed by atoms with Crippen LogP contribution in [0.2, 0.25) is 0 Å². The van der Waals surface area contributed by atoms with Crippen molar-refractivity contribution < 1.29 is 4.79 Å². The third-order valence-electron chi connectivity index (χ3n) is 5.49. The normalized spacial score (nSPS) is 17.3. The molecule has 0 aromatic heterocycles. The van der Waals surface area contributed by atoms with E-state index in [2.05, 4.69) is 6.92 Å². The number of ketones is 1. The first kappa shape index (κ1) is 20.7. The molecule has 136 valence electrons. The Kier molecular flexibility index (Phi) is 12.6. The van der Waals surface area contributed by atoms with Crippen LogP contribution in [0.15, 0.2) is 0 Å². The molecule has 1 fully saturated rings. The number of nitrogens with two attached hydrogens (primary N) is 1. The topological polar surface area (TPSA) is 43.1 Å². The number of hydrogen-bond donors (Lipinski definition) is 1. The minimum absolute atomic E-state index is 0.184. The molecule has 0 heterocycles. The molecule has 0 spiro atoms. The van der Waals surface area contributed by atoms with Crippen molar-refractivity contribution in [3.63, 3.8) is 0 Å². The van der Waals surface area contributed by atoms with Crippen LogP contribution in [0.1, 0.15) is 116 Å². The van der Waals surface area contributed by atoms with Gasteiger partial charge in [-0.05, 0) is 19.3 Å². The van der Waals surface area contributed by atoms with Crippen LogP contribution in [0.25, 0.3) is 0 Å². The van der Waals surface area contributed by atoms with Gasteiger partial charge in [-0.25, -0.2) is 0 Å². The molecule has 0 aromatic rings. The van der Waals surface area contributed by atoms with Gasteiger partial charge in [0.25, 0.3) is 0 Å². The molecular formula is C21H41NO. The Morgan fingerprint density at radius 2 is 1.30 bits per heavy atom. The molecule has 23 heavy (non-hydrogen) atoms. The number of rotatable bonds is 14. The summed E-state index contributed by atoms with van der Waals surface area (Å²) in [7, 11) is 0. The highest BCUT2D eigenvalue weighted by atomic mass is 16.1. The van der Waals surface area contributed by atoms with E-state index in [1.165, 1.54) is 83.5 Å². The Balaban J connectivity index is 1.89. The van der Waals surface area contributed by atoms with E-state index in [1.54, 1.807) is 0 Å². The first-order valence-corrected chi connectivity index (χ1v) is 10.5. The minimum Gasteiger partial charge on any atom is -0.321 e. The second-order valence-corrected chi connectivity index (χ2v) is 7.67. The molecule has 0 amide bonds. The summed E-state index contributed by atoms with van der Waals surface area (Å²) in [5.74, 6) is 0.642.